The van der Waals surface area contributed by atoms with Gasteiger partial charge in [0, 0.05) is 36.7 Å². The molecular formula is C20H29ClN6O. The molecule has 2 aliphatic rings. The van der Waals surface area contributed by atoms with Gasteiger partial charge in [-0.05, 0) is 50.3 Å². The maximum Gasteiger partial charge on any atom is 0.241 e. The van der Waals surface area contributed by atoms with Gasteiger partial charge in [0.05, 0.1) is 12.7 Å². The number of H-pyrrole nitrogens is 1. The maximum atomic E-state index is 6.01. The zero-order valence-corrected chi connectivity index (χ0v) is 17.1. The Kier molecular flexibility index (Phi) is 6.04. The molecule has 0 radical (unpaired) electrons. The monoisotopic (exact) mass is 404 g/mol. The van der Waals surface area contributed by atoms with Crippen LogP contribution in [-0.4, -0.2) is 64.5 Å². The highest BCUT2D eigenvalue weighted by Crippen LogP contribution is 2.26. The normalized spacial score (nSPS) is 24.6. The van der Waals surface area contributed by atoms with E-state index in [-0.39, 0.29) is 0 Å². The largest absolute Gasteiger partial charge is 0.376 e. The molecule has 4 rings (SSSR count). The van der Waals surface area contributed by atoms with E-state index in [4.69, 9.17) is 22.1 Å². The van der Waals surface area contributed by atoms with Gasteiger partial charge in [-0.2, -0.15) is 4.98 Å². The molecule has 2 aromatic rings. The number of rotatable bonds is 5. The number of nitrogens with one attached hydrogen (secondary N) is 1. The lowest BCUT2D eigenvalue weighted by Gasteiger charge is -2.46. The molecule has 28 heavy (non-hydrogen) atoms. The smallest absolute Gasteiger partial charge is 0.241 e. The zero-order chi connectivity index (χ0) is 19.5. The Bertz CT molecular complexity index is 758. The van der Waals surface area contributed by atoms with Crippen LogP contribution >= 0.6 is 11.6 Å². The van der Waals surface area contributed by atoms with Crippen LogP contribution in [0.4, 0.5) is 11.9 Å². The fourth-order valence-corrected chi connectivity index (χ4v) is 4.49. The Labute approximate surface area is 171 Å². The Balaban J connectivity index is 1.35. The minimum atomic E-state index is 0.291. The van der Waals surface area contributed by atoms with Gasteiger partial charge in [0.25, 0.3) is 0 Å². The highest BCUT2D eigenvalue weighted by atomic mass is 35.5. The van der Waals surface area contributed by atoms with Crippen molar-refractivity contribution in [2.24, 2.45) is 0 Å². The Hall–Kier alpha value is -1.83. The van der Waals surface area contributed by atoms with Crippen LogP contribution in [-0.2, 0) is 11.2 Å². The van der Waals surface area contributed by atoms with Gasteiger partial charge in [0.2, 0.25) is 11.9 Å². The molecule has 0 saturated carbocycles. The fraction of sp³-hybridized carbons (Fsp3) is 0.600. The average Bonchev–Trinajstić information content (AvgIpc) is 3.15. The molecule has 2 aliphatic heterocycles. The van der Waals surface area contributed by atoms with E-state index in [1.54, 1.807) is 0 Å². The zero-order valence-electron chi connectivity index (χ0n) is 16.4. The number of hydrogen-bond donors (Lipinski definition) is 2. The predicted molar refractivity (Wildman–Crippen MR) is 112 cm³/mol. The number of benzene rings is 1. The van der Waals surface area contributed by atoms with Gasteiger partial charge >= 0.3 is 0 Å². The summed E-state index contributed by atoms with van der Waals surface area (Å²) < 4.78 is 6.00. The van der Waals surface area contributed by atoms with E-state index in [9.17, 15) is 0 Å². The number of aryl methyl sites for hydroxylation is 1. The number of nitrogens with two attached hydrogens (primary N) is 1. The van der Waals surface area contributed by atoms with Crippen molar-refractivity contribution < 1.29 is 4.74 Å². The lowest BCUT2D eigenvalue weighted by atomic mass is 9.96. The van der Waals surface area contributed by atoms with Crippen molar-refractivity contribution in [3.8, 4) is 0 Å². The van der Waals surface area contributed by atoms with Gasteiger partial charge in [-0.1, -0.05) is 23.7 Å². The Morgan fingerprint density at radius 3 is 2.68 bits per heavy atom. The lowest BCUT2D eigenvalue weighted by Crippen LogP contribution is -2.56. The number of aromatic amines is 1. The van der Waals surface area contributed by atoms with E-state index in [2.05, 4.69) is 44.0 Å². The molecule has 0 aliphatic carbocycles. The van der Waals surface area contributed by atoms with E-state index in [0.717, 1.165) is 62.9 Å². The number of anilines is 2. The molecule has 152 valence electrons. The second-order valence-corrected chi connectivity index (χ2v) is 8.33. The molecular weight excluding hydrogens is 376 g/mol. The molecule has 3 heterocycles. The van der Waals surface area contributed by atoms with Crippen molar-refractivity contribution in [2.45, 2.75) is 50.8 Å². The molecule has 1 aromatic carbocycles. The summed E-state index contributed by atoms with van der Waals surface area (Å²) in [5, 5.41) is 7.66. The van der Waals surface area contributed by atoms with E-state index >= 15 is 0 Å². The number of hydrogen-bond acceptors (Lipinski definition) is 6. The topological polar surface area (TPSA) is 83.3 Å². The predicted octanol–water partition coefficient (Wildman–Crippen LogP) is 2.73. The Morgan fingerprint density at radius 2 is 2.00 bits per heavy atom. The van der Waals surface area contributed by atoms with Crippen LogP contribution in [0.25, 0.3) is 0 Å². The van der Waals surface area contributed by atoms with Gasteiger partial charge < -0.3 is 15.4 Å². The van der Waals surface area contributed by atoms with Crippen LogP contribution in [0, 0.1) is 0 Å². The average molecular weight is 405 g/mol. The first-order chi connectivity index (χ1) is 13.6. The van der Waals surface area contributed by atoms with Crippen LogP contribution in [0.3, 0.4) is 0 Å². The van der Waals surface area contributed by atoms with Crippen molar-refractivity contribution in [2.75, 3.05) is 36.9 Å². The summed E-state index contributed by atoms with van der Waals surface area (Å²) in [6.45, 7) is 5.93. The van der Waals surface area contributed by atoms with Gasteiger partial charge in [0.1, 0.15) is 0 Å². The SMILES string of the molecule is C[C@H]1CN(C2CCN(c3nc(N)n[nH]3)CC2)[C@@H](CCc2ccc(Cl)cc2)CO1. The van der Waals surface area contributed by atoms with Crippen molar-refractivity contribution in [3.63, 3.8) is 0 Å². The van der Waals surface area contributed by atoms with Crippen molar-refractivity contribution in [3.05, 3.63) is 34.9 Å². The first-order valence-electron chi connectivity index (χ1n) is 10.1. The van der Waals surface area contributed by atoms with Gasteiger partial charge in [-0.3, -0.25) is 4.90 Å². The molecule has 2 fully saturated rings. The minimum absolute atomic E-state index is 0.291. The second-order valence-electron chi connectivity index (χ2n) is 7.90. The van der Waals surface area contributed by atoms with E-state index in [1.807, 2.05) is 12.1 Å². The third kappa shape index (κ3) is 4.59. The molecule has 1 aromatic heterocycles. The molecule has 8 heteroatoms. The van der Waals surface area contributed by atoms with Gasteiger partial charge in [-0.25, -0.2) is 5.10 Å². The summed E-state index contributed by atoms with van der Waals surface area (Å²) in [7, 11) is 0. The second kappa shape index (κ2) is 8.68. The first-order valence-corrected chi connectivity index (χ1v) is 10.5. The highest BCUT2D eigenvalue weighted by molar-refractivity contribution is 6.30. The van der Waals surface area contributed by atoms with Crippen molar-refractivity contribution in [1.29, 1.82) is 0 Å². The number of piperidine rings is 1. The number of morpholine rings is 1. The van der Waals surface area contributed by atoms with Crippen molar-refractivity contribution in [1.82, 2.24) is 20.1 Å². The van der Waals surface area contributed by atoms with E-state index in [1.165, 1.54) is 5.56 Å². The number of ether oxygens (including phenoxy) is 1. The standard InChI is InChI=1S/C20H29ClN6O/c1-14-12-27(17-8-10-26(11-9-17)20-23-19(22)24-25-20)18(13-28-14)7-4-15-2-5-16(21)6-3-15/h2-3,5-6,14,17-18H,4,7-13H2,1H3,(H3,22,23,24,25)/t14-,18-/m0/s1. The van der Waals surface area contributed by atoms with Crippen LogP contribution in [0.1, 0.15) is 31.7 Å². The molecule has 7 nitrogen and oxygen atoms in total. The molecule has 0 bridgehead atoms. The summed E-state index contributed by atoms with van der Waals surface area (Å²) in [6, 6.07) is 9.24. The quantitative estimate of drug-likeness (QED) is 0.797. The number of nitrogens with zero attached hydrogens (tertiary/aromatic N) is 4. The van der Waals surface area contributed by atoms with Gasteiger partial charge in [-0.15, -0.1) is 5.10 Å². The van der Waals surface area contributed by atoms with E-state index in [0.29, 0.717) is 24.1 Å². The molecule has 2 atom stereocenters. The van der Waals surface area contributed by atoms with Crippen LogP contribution < -0.4 is 10.6 Å². The summed E-state index contributed by atoms with van der Waals surface area (Å²) in [4.78, 5) is 9.20. The maximum absolute atomic E-state index is 6.01. The molecule has 0 amide bonds. The Morgan fingerprint density at radius 1 is 1.25 bits per heavy atom. The summed E-state index contributed by atoms with van der Waals surface area (Å²) >= 11 is 6.01. The molecule has 0 unspecified atom stereocenters. The number of halogens is 1. The van der Waals surface area contributed by atoms with Gasteiger partial charge in [0.15, 0.2) is 0 Å². The number of aromatic nitrogens is 3. The summed E-state index contributed by atoms with van der Waals surface area (Å²) in [6.07, 6.45) is 4.67. The highest BCUT2D eigenvalue weighted by Gasteiger charge is 2.34. The van der Waals surface area contributed by atoms with Crippen LogP contribution in [0.2, 0.25) is 5.02 Å². The molecule has 0 spiro atoms. The van der Waals surface area contributed by atoms with E-state index < -0.39 is 0 Å². The third-order valence-corrected chi connectivity index (χ3v) is 6.17. The summed E-state index contributed by atoms with van der Waals surface area (Å²) in [5.41, 5.74) is 6.98. The van der Waals surface area contributed by atoms with Crippen LogP contribution in [0.15, 0.2) is 24.3 Å². The van der Waals surface area contributed by atoms with Crippen LogP contribution in [0.5, 0.6) is 0 Å². The minimum Gasteiger partial charge on any atom is -0.376 e. The third-order valence-electron chi connectivity index (χ3n) is 5.91. The first kappa shape index (κ1) is 19.5. The summed E-state index contributed by atoms with van der Waals surface area (Å²) in [5.74, 6) is 1.09. The fourth-order valence-electron chi connectivity index (χ4n) is 4.37. The van der Waals surface area contributed by atoms with Crippen molar-refractivity contribution >= 4 is 23.5 Å². The number of nitrogen functional groups attached to an aromatic ring is 1. The lowest BCUT2D eigenvalue weighted by molar-refractivity contribution is -0.0768. The molecule has 3 N–H and O–H groups in total. The molecule has 2 saturated heterocycles.